The highest BCUT2D eigenvalue weighted by Crippen LogP contribution is 2.17. The monoisotopic (exact) mass is 272 g/mol. The quantitative estimate of drug-likeness (QED) is 0.927. The van der Waals surface area contributed by atoms with E-state index < -0.39 is 0 Å². The molecule has 0 radical (unpaired) electrons. The van der Waals surface area contributed by atoms with Crippen LogP contribution < -0.4 is 10.1 Å². The summed E-state index contributed by atoms with van der Waals surface area (Å²) in [5.74, 6) is 0.632. The molecule has 5 heteroatoms. The first kappa shape index (κ1) is 14.4. The van der Waals surface area contributed by atoms with Crippen molar-refractivity contribution in [2.75, 3.05) is 0 Å². The molecule has 2 aromatic heterocycles. The van der Waals surface area contributed by atoms with Gasteiger partial charge in [0.1, 0.15) is 5.75 Å². The molecule has 0 amide bonds. The Kier molecular flexibility index (Phi) is 4.29. The summed E-state index contributed by atoms with van der Waals surface area (Å²) < 4.78 is 5.55. The molecule has 0 aromatic carbocycles. The molecule has 0 bridgehead atoms. The summed E-state index contributed by atoms with van der Waals surface area (Å²) in [6, 6.07) is 3.97. The van der Waals surface area contributed by atoms with Gasteiger partial charge in [0.05, 0.1) is 6.20 Å². The first-order valence-corrected chi connectivity index (χ1v) is 6.59. The van der Waals surface area contributed by atoms with Crippen molar-refractivity contribution in [1.82, 2.24) is 20.3 Å². The van der Waals surface area contributed by atoms with Gasteiger partial charge in [0, 0.05) is 35.7 Å². The number of aryl methyl sites for hydroxylation is 1. The van der Waals surface area contributed by atoms with E-state index in [1.54, 1.807) is 18.6 Å². The largest absolute Gasteiger partial charge is 0.423 e. The maximum Gasteiger partial charge on any atom is 0.322 e. The van der Waals surface area contributed by atoms with Crippen LogP contribution in [-0.2, 0) is 6.54 Å². The third-order valence-electron chi connectivity index (χ3n) is 2.71. The Morgan fingerprint density at radius 3 is 2.65 bits per heavy atom. The zero-order valence-corrected chi connectivity index (χ0v) is 12.3. The predicted molar refractivity (Wildman–Crippen MR) is 77.7 cm³/mol. The molecular weight excluding hydrogens is 252 g/mol. The number of nitrogens with one attached hydrogen (secondary N) is 1. The lowest BCUT2D eigenvalue weighted by atomic mass is 10.1. The lowest BCUT2D eigenvalue weighted by Crippen LogP contribution is -2.35. The van der Waals surface area contributed by atoms with Crippen molar-refractivity contribution in [3.05, 3.63) is 42.0 Å². The first-order valence-electron chi connectivity index (χ1n) is 6.59. The van der Waals surface area contributed by atoms with Gasteiger partial charge in [0.25, 0.3) is 0 Å². The Morgan fingerprint density at radius 2 is 2.05 bits per heavy atom. The Bertz CT molecular complexity index is 564. The van der Waals surface area contributed by atoms with E-state index in [1.807, 2.05) is 19.1 Å². The van der Waals surface area contributed by atoms with Crippen LogP contribution in [0.2, 0.25) is 0 Å². The van der Waals surface area contributed by atoms with Crippen LogP contribution in [0.5, 0.6) is 11.8 Å². The molecule has 106 valence electrons. The van der Waals surface area contributed by atoms with Crippen LogP contribution in [0.15, 0.2) is 30.7 Å². The van der Waals surface area contributed by atoms with Crippen LogP contribution >= 0.6 is 0 Å². The van der Waals surface area contributed by atoms with E-state index >= 15 is 0 Å². The fraction of sp³-hybridized carbons (Fsp3) is 0.400. The van der Waals surface area contributed by atoms with E-state index in [-0.39, 0.29) is 5.54 Å². The van der Waals surface area contributed by atoms with Crippen LogP contribution in [0, 0.1) is 6.92 Å². The molecule has 0 saturated heterocycles. The Labute approximate surface area is 119 Å². The number of rotatable bonds is 4. The van der Waals surface area contributed by atoms with Crippen LogP contribution in [0.3, 0.4) is 0 Å². The Hall–Kier alpha value is -2.01. The van der Waals surface area contributed by atoms with Crippen LogP contribution in [-0.4, -0.2) is 20.5 Å². The second-order valence-electron chi connectivity index (χ2n) is 5.66. The van der Waals surface area contributed by atoms with Crippen molar-refractivity contribution in [3.63, 3.8) is 0 Å². The fourth-order valence-electron chi connectivity index (χ4n) is 1.57. The molecule has 0 aliphatic carbocycles. The second kappa shape index (κ2) is 5.96. The molecule has 0 unspecified atom stereocenters. The Morgan fingerprint density at radius 1 is 1.25 bits per heavy atom. The molecule has 0 aliphatic heterocycles. The number of aromatic nitrogens is 3. The highest BCUT2D eigenvalue weighted by molar-refractivity contribution is 5.23. The number of hydrogen-bond donors (Lipinski definition) is 1. The normalized spacial score (nSPS) is 11.4. The van der Waals surface area contributed by atoms with E-state index in [4.69, 9.17) is 4.74 Å². The highest BCUT2D eigenvalue weighted by Gasteiger charge is 2.11. The van der Waals surface area contributed by atoms with E-state index in [2.05, 4.69) is 41.0 Å². The zero-order chi connectivity index (χ0) is 14.6. The fourth-order valence-corrected chi connectivity index (χ4v) is 1.57. The standard InChI is InChI=1S/C15H20N4O/c1-11-12(9-18-15(2,3)4)8-17-14(19-11)20-13-6-5-7-16-10-13/h5-8,10,18H,9H2,1-4H3. The zero-order valence-electron chi connectivity index (χ0n) is 12.3. The summed E-state index contributed by atoms with van der Waals surface area (Å²) in [7, 11) is 0. The molecule has 2 heterocycles. The minimum atomic E-state index is 0.0668. The molecule has 20 heavy (non-hydrogen) atoms. The SMILES string of the molecule is Cc1nc(Oc2cccnc2)ncc1CNC(C)(C)C. The van der Waals surface area contributed by atoms with E-state index in [0.717, 1.165) is 17.8 Å². The lowest BCUT2D eigenvalue weighted by molar-refractivity contribution is 0.418. The minimum Gasteiger partial charge on any atom is -0.423 e. The smallest absolute Gasteiger partial charge is 0.322 e. The molecule has 2 aromatic rings. The summed E-state index contributed by atoms with van der Waals surface area (Å²) in [6.45, 7) is 9.08. The molecule has 0 spiro atoms. The molecule has 0 fully saturated rings. The molecule has 2 rings (SSSR count). The molecule has 1 N–H and O–H groups in total. The van der Waals surface area contributed by atoms with Gasteiger partial charge in [-0.1, -0.05) is 0 Å². The van der Waals surface area contributed by atoms with Crippen molar-refractivity contribution in [3.8, 4) is 11.8 Å². The van der Waals surface area contributed by atoms with Crippen molar-refractivity contribution in [1.29, 1.82) is 0 Å². The average molecular weight is 272 g/mol. The Balaban J connectivity index is 2.06. The van der Waals surface area contributed by atoms with E-state index in [1.165, 1.54) is 0 Å². The van der Waals surface area contributed by atoms with E-state index in [9.17, 15) is 0 Å². The van der Waals surface area contributed by atoms with Crippen molar-refractivity contribution >= 4 is 0 Å². The summed E-state index contributed by atoms with van der Waals surface area (Å²) in [5, 5.41) is 3.42. The van der Waals surface area contributed by atoms with Gasteiger partial charge in [-0.15, -0.1) is 0 Å². The van der Waals surface area contributed by atoms with Crippen LogP contribution in [0.25, 0.3) is 0 Å². The van der Waals surface area contributed by atoms with Crippen LogP contribution in [0.4, 0.5) is 0 Å². The van der Waals surface area contributed by atoms with Gasteiger partial charge in [-0.3, -0.25) is 4.98 Å². The minimum absolute atomic E-state index is 0.0668. The van der Waals surface area contributed by atoms with Gasteiger partial charge < -0.3 is 10.1 Å². The topological polar surface area (TPSA) is 59.9 Å². The van der Waals surface area contributed by atoms with Gasteiger partial charge >= 0.3 is 6.01 Å². The lowest BCUT2D eigenvalue weighted by Gasteiger charge is -2.20. The number of hydrogen-bond acceptors (Lipinski definition) is 5. The third-order valence-corrected chi connectivity index (χ3v) is 2.71. The highest BCUT2D eigenvalue weighted by atomic mass is 16.5. The summed E-state index contributed by atoms with van der Waals surface area (Å²) in [6.07, 6.45) is 5.13. The van der Waals surface area contributed by atoms with Gasteiger partial charge in [-0.25, -0.2) is 4.98 Å². The van der Waals surface area contributed by atoms with Gasteiger partial charge in [-0.05, 0) is 39.8 Å². The van der Waals surface area contributed by atoms with Crippen molar-refractivity contribution < 1.29 is 4.74 Å². The average Bonchev–Trinajstić information content (AvgIpc) is 2.38. The summed E-state index contributed by atoms with van der Waals surface area (Å²) in [4.78, 5) is 12.6. The van der Waals surface area contributed by atoms with Gasteiger partial charge in [-0.2, -0.15) is 4.98 Å². The van der Waals surface area contributed by atoms with Crippen LogP contribution in [0.1, 0.15) is 32.0 Å². The maximum absolute atomic E-state index is 5.55. The van der Waals surface area contributed by atoms with Crippen molar-refractivity contribution in [2.45, 2.75) is 39.8 Å². The van der Waals surface area contributed by atoms with Gasteiger partial charge in [0.2, 0.25) is 0 Å². The maximum atomic E-state index is 5.55. The molecule has 5 nitrogen and oxygen atoms in total. The predicted octanol–water partition coefficient (Wildman–Crippen LogP) is 2.86. The van der Waals surface area contributed by atoms with Crippen molar-refractivity contribution in [2.24, 2.45) is 0 Å². The first-order chi connectivity index (χ1) is 9.44. The van der Waals surface area contributed by atoms with Gasteiger partial charge in [0.15, 0.2) is 0 Å². The number of pyridine rings is 1. The summed E-state index contributed by atoms with van der Waals surface area (Å²) >= 11 is 0. The van der Waals surface area contributed by atoms with E-state index in [0.29, 0.717) is 11.8 Å². The molecule has 0 atom stereocenters. The number of nitrogens with zero attached hydrogens (tertiary/aromatic N) is 3. The molecule has 0 saturated carbocycles. The molecule has 0 aliphatic rings. The number of ether oxygens (including phenoxy) is 1. The second-order valence-corrected chi connectivity index (χ2v) is 5.66. The third kappa shape index (κ3) is 4.28. The summed E-state index contributed by atoms with van der Waals surface area (Å²) in [5.41, 5.74) is 2.05. The molecular formula is C15H20N4O.